The number of pyridine rings is 1. The fourth-order valence-electron chi connectivity index (χ4n) is 4.17. The van der Waals surface area contributed by atoms with Crippen molar-refractivity contribution in [3.63, 3.8) is 0 Å². The van der Waals surface area contributed by atoms with Crippen LogP contribution in [0.5, 0.6) is 0 Å². The minimum absolute atomic E-state index is 0.110. The third-order valence-electron chi connectivity index (χ3n) is 5.57. The normalized spacial score (nSPS) is 23.9. The van der Waals surface area contributed by atoms with E-state index >= 15 is 0 Å². The molecule has 6 heteroatoms. The summed E-state index contributed by atoms with van der Waals surface area (Å²) in [6.45, 7) is 9.08. The largest absolute Gasteiger partial charge is 0.339 e. The van der Waals surface area contributed by atoms with Crippen molar-refractivity contribution in [3.05, 3.63) is 24.0 Å². The molecule has 0 radical (unpaired) electrons. The summed E-state index contributed by atoms with van der Waals surface area (Å²) in [5.74, 6) is 2.08. The number of rotatable bonds is 3. The molecule has 2 atom stereocenters. The zero-order valence-electron chi connectivity index (χ0n) is 15.1. The Morgan fingerprint density at radius 2 is 1.96 bits per heavy atom. The Bertz CT molecular complexity index is 754. The van der Waals surface area contributed by atoms with Crippen molar-refractivity contribution in [2.24, 2.45) is 17.8 Å². The van der Waals surface area contributed by atoms with Crippen LogP contribution in [0.3, 0.4) is 0 Å². The van der Waals surface area contributed by atoms with Gasteiger partial charge in [-0.1, -0.05) is 13.8 Å². The van der Waals surface area contributed by atoms with Gasteiger partial charge in [0.25, 0.3) is 5.91 Å². The van der Waals surface area contributed by atoms with E-state index in [1.54, 1.807) is 6.20 Å². The maximum Gasteiger partial charge on any atom is 0.255 e. The molecule has 2 aromatic heterocycles. The molecule has 2 fully saturated rings. The third-order valence-corrected chi connectivity index (χ3v) is 5.57. The first-order valence-corrected chi connectivity index (χ1v) is 9.43. The Morgan fingerprint density at radius 1 is 1.24 bits per heavy atom. The molecule has 0 aliphatic carbocycles. The number of carbonyl (C=O) groups excluding carboxylic acids is 1. The van der Waals surface area contributed by atoms with E-state index in [4.69, 9.17) is 0 Å². The van der Waals surface area contributed by atoms with Gasteiger partial charge in [-0.05, 0) is 49.8 Å². The molecule has 2 aromatic rings. The van der Waals surface area contributed by atoms with E-state index in [-0.39, 0.29) is 5.91 Å². The van der Waals surface area contributed by atoms with Gasteiger partial charge < -0.3 is 10.2 Å². The summed E-state index contributed by atoms with van der Waals surface area (Å²) in [4.78, 5) is 19.5. The van der Waals surface area contributed by atoms with Gasteiger partial charge in [0.15, 0.2) is 5.65 Å². The van der Waals surface area contributed by atoms with E-state index in [2.05, 4.69) is 29.2 Å². The molecular formula is C19H27N5O. The summed E-state index contributed by atoms with van der Waals surface area (Å²) >= 11 is 0. The summed E-state index contributed by atoms with van der Waals surface area (Å²) in [5.41, 5.74) is 1.54. The summed E-state index contributed by atoms with van der Waals surface area (Å²) < 4.78 is 1.92. The zero-order valence-corrected chi connectivity index (χ0v) is 15.1. The summed E-state index contributed by atoms with van der Waals surface area (Å²) in [6.07, 6.45) is 5.74. The van der Waals surface area contributed by atoms with E-state index in [1.807, 2.05) is 21.8 Å². The van der Waals surface area contributed by atoms with Gasteiger partial charge in [-0.25, -0.2) is 9.67 Å². The molecule has 4 rings (SSSR count). The van der Waals surface area contributed by atoms with Crippen molar-refractivity contribution in [2.75, 3.05) is 26.2 Å². The zero-order chi connectivity index (χ0) is 17.4. The minimum atomic E-state index is 0.110. The second-order valence-electron chi connectivity index (χ2n) is 7.91. The lowest BCUT2D eigenvalue weighted by Crippen LogP contribution is -2.32. The lowest BCUT2D eigenvalue weighted by molar-refractivity contribution is 0.0758. The molecule has 0 unspecified atom stereocenters. The number of likely N-dealkylation sites (tertiary alicyclic amines) is 1. The topological polar surface area (TPSA) is 63.1 Å². The van der Waals surface area contributed by atoms with E-state index in [0.717, 1.165) is 68.4 Å². The second-order valence-corrected chi connectivity index (χ2v) is 7.91. The van der Waals surface area contributed by atoms with Crippen LogP contribution < -0.4 is 5.32 Å². The van der Waals surface area contributed by atoms with Crippen LogP contribution in [-0.2, 0) is 6.54 Å². The van der Waals surface area contributed by atoms with E-state index < -0.39 is 0 Å². The maximum atomic E-state index is 12.9. The van der Waals surface area contributed by atoms with Gasteiger partial charge in [0.1, 0.15) is 0 Å². The van der Waals surface area contributed by atoms with Crippen molar-refractivity contribution in [1.82, 2.24) is 25.0 Å². The highest BCUT2D eigenvalue weighted by molar-refractivity contribution is 5.96. The Kier molecular flexibility index (Phi) is 4.46. The Labute approximate surface area is 148 Å². The quantitative estimate of drug-likeness (QED) is 0.929. The van der Waals surface area contributed by atoms with E-state index in [1.165, 1.54) is 0 Å². The van der Waals surface area contributed by atoms with Gasteiger partial charge in [0, 0.05) is 31.2 Å². The predicted octanol–water partition coefficient (Wildman–Crippen LogP) is 2.16. The smallest absolute Gasteiger partial charge is 0.255 e. The number of carbonyl (C=O) groups is 1. The van der Waals surface area contributed by atoms with Crippen molar-refractivity contribution < 1.29 is 4.79 Å². The van der Waals surface area contributed by atoms with Gasteiger partial charge >= 0.3 is 0 Å². The molecule has 0 saturated carbocycles. The molecule has 1 amide bonds. The molecule has 1 N–H and O–H groups in total. The standard InChI is InChI=1S/C19H27N5O/c1-13(2)12-24-18-16(11-22-24)7-17(10-21-18)19(25)23-5-3-14-8-20-9-15(14)4-6-23/h7,10-11,13-15,20H,3-6,8-9,12H2,1-2H3/t14-,15+. The van der Waals surface area contributed by atoms with Crippen molar-refractivity contribution in [1.29, 1.82) is 0 Å². The van der Waals surface area contributed by atoms with Gasteiger partial charge in [0.2, 0.25) is 0 Å². The fraction of sp³-hybridized carbons (Fsp3) is 0.632. The highest BCUT2D eigenvalue weighted by Crippen LogP contribution is 2.28. The Balaban J connectivity index is 1.52. The molecule has 25 heavy (non-hydrogen) atoms. The molecule has 4 heterocycles. The number of fused-ring (bicyclic) bond motifs is 2. The summed E-state index contributed by atoms with van der Waals surface area (Å²) in [7, 11) is 0. The first-order valence-electron chi connectivity index (χ1n) is 9.43. The molecule has 2 aliphatic rings. The highest BCUT2D eigenvalue weighted by Gasteiger charge is 2.31. The number of aromatic nitrogens is 3. The summed E-state index contributed by atoms with van der Waals surface area (Å²) in [5, 5.41) is 8.85. The number of amides is 1. The number of hydrogen-bond acceptors (Lipinski definition) is 4. The molecule has 6 nitrogen and oxygen atoms in total. The minimum Gasteiger partial charge on any atom is -0.339 e. The van der Waals surface area contributed by atoms with Crippen LogP contribution in [0, 0.1) is 17.8 Å². The van der Waals surface area contributed by atoms with Gasteiger partial charge in [-0.3, -0.25) is 4.79 Å². The molecule has 2 aliphatic heterocycles. The van der Waals surface area contributed by atoms with Crippen molar-refractivity contribution in [3.8, 4) is 0 Å². The fourth-order valence-corrected chi connectivity index (χ4v) is 4.17. The second kappa shape index (κ2) is 6.75. The van der Waals surface area contributed by atoms with Crippen LogP contribution >= 0.6 is 0 Å². The number of hydrogen-bond donors (Lipinski definition) is 1. The molecular weight excluding hydrogens is 314 g/mol. The average molecular weight is 341 g/mol. The predicted molar refractivity (Wildman–Crippen MR) is 97.4 cm³/mol. The highest BCUT2D eigenvalue weighted by atomic mass is 16.2. The van der Waals surface area contributed by atoms with Crippen LogP contribution in [0.4, 0.5) is 0 Å². The van der Waals surface area contributed by atoms with Crippen molar-refractivity contribution in [2.45, 2.75) is 33.2 Å². The van der Waals surface area contributed by atoms with Crippen LogP contribution in [0.2, 0.25) is 0 Å². The number of nitrogens with one attached hydrogen (secondary N) is 1. The molecule has 134 valence electrons. The van der Waals surface area contributed by atoms with Crippen LogP contribution in [0.15, 0.2) is 18.5 Å². The maximum absolute atomic E-state index is 12.9. The average Bonchev–Trinajstić information content (AvgIpc) is 3.16. The van der Waals surface area contributed by atoms with Crippen LogP contribution in [0.25, 0.3) is 11.0 Å². The number of nitrogens with zero attached hydrogens (tertiary/aromatic N) is 4. The van der Waals surface area contributed by atoms with Gasteiger partial charge in [-0.15, -0.1) is 0 Å². The Morgan fingerprint density at radius 3 is 2.64 bits per heavy atom. The van der Waals surface area contributed by atoms with Gasteiger partial charge in [0.05, 0.1) is 11.8 Å². The monoisotopic (exact) mass is 341 g/mol. The molecule has 0 bridgehead atoms. The van der Waals surface area contributed by atoms with E-state index in [9.17, 15) is 4.79 Å². The molecule has 0 spiro atoms. The molecule has 0 aromatic carbocycles. The molecule has 2 saturated heterocycles. The first kappa shape index (κ1) is 16.5. The SMILES string of the molecule is CC(C)Cn1ncc2cc(C(=O)N3CC[C@@H]4CNC[C@@H]4CC3)cnc21. The van der Waals surface area contributed by atoms with Crippen molar-refractivity contribution >= 4 is 16.9 Å². The lowest BCUT2D eigenvalue weighted by atomic mass is 9.92. The first-order chi connectivity index (χ1) is 12.1. The lowest BCUT2D eigenvalue weighted by Gasteiger charge is -2.21. The van der Waals surface area contributed by atoms with Crippen LogP contribution in [0.1, 0.15) is 37.0 Å². The van der Waals surface area contributed by atoms with Gasteiger partial charge in [-0.2, -0.15) is 5.10 Å². The third kappa shape index (κ3) is 3.27. The van der Waals surface area contributed by atoms with E-state index in [0.29, 0.717) is 11.5 Å². The Hall–Kier alpha value is -1.95. The van der Waals surface area contributed by atoms with Crippen LogP contribution in [-0.4, -0.2) is 51.8 Å². The summed E-state index contributed by atoms with van der Waals surface area (Å²) in [6, 6.07) is 1.95.